The van der Waals surface area contributed by atoms with Gasteiger partial charge in [0, 0.05) is 28.5 Å². The lowest BCUT2D eigenvalue weighted by molar-refractivity contribution is 0.337. The fraction of sp³-hybridized carbons (Fsp3) is 0.615. The molecule has 184 valence electrons. The predicted molar refractivity (Wildman–Crippen MR) is 140 cm³/mol. The van der Waals surface area contributed by atoms with Crippen LogP contribution in [0.15, 0.2) is 43.1 Å². The Kier molecular flexibility index (Phi) is 10.7. The Bertz CT molecular complexity index is 911. The highest BCUT2D eigenvalue weighted by Crippen LogP contribution is 2.30. The van der Waals surface area contributed by atoms with Gasteiger partial charge in [-0.15, -0.1) is 0 Å². The summed E-state index contributed by atoms with van der Waals surface area (Å²) in [5.41, 5.74) is -0.0386. The van der Waals surface area contributed by atoms with Crippen molar-refractivity contribution in [2.75, 3.05) is 23.0 Å². The highest BCUT2D eigenvalue weighted by atomic mass is 32.2. The Balaban J connectivity index is 1.54. The largest absolute Gasteiger partial charge is 0.502 e. The van der Waals surface area contributed by atoms with Crippen LogP contribution >= 0.6 is 23.5 Å². The molecule has 0 saturated carbocycles. The molecule has 2 aromatic rings. The minimum absolute atomic E-state index is 0.0479. The first-order valence-electron chi connectivity index (χ1n) is 11.6. The summed E-state index contributed by atoms with van der Waals surface area (Å²) in [6, 6.07) is 3.04. The zero-order valence-corrected chi connectivity index (χ0v) is 22.2. The second-order valence-electron chi connectivity index (χ2n) is 9.84. The molecule has 0 amide bonds. The first kappa shape index (κ1) is 27.6. The smallest absolute Gasteiger partial charge is 0.226 e. The predicted octanol–water partition coefficient (Wildman–Crippen LogP) is 6.28. The molecule has 0 aromatic carbocycles. The van der Waals surface area contributed by atoms with Gasteiger partial charge in [0.25, 0.3) is 0 Å². The zero-order valence-electron chi connectivity index (χ0n) is 20.6. The van der Waals surface area contributed by atoms with E-state index in [4.69, 9.17) is 8.83 Å². The lowest BCUT2D eigenvalue weighted by atomic mass is 9.85. The summed E-state index contributed by atoms with van der Waals surface area (Å²) in [6.07, 6.45) is 7.98. The molecule has 0 saturated heterocycles. The standard InChI is InChI=1S/C26H38O5S2/c1-19-17-30-23(15-20(19)27)25(2,3)9-6-11-32-13-8-14-33-12-7-10-26(4,5)24-16-21(28)22(29)18-31-24/h15-18,29H,6-14H2,1-5H3. The van der Waals surface area contributed by atoms with Crippen molar-refractivity contribution in [2.45, 2.75) is 77.6 Å². The molecule has 0 aliphatic carbocycles. The van der Waals surface area contributed by atoms with E-state index < -0.39 is 0 Å². The number of rotatable bonds is 14. The van der Waals surface area contributed by atoms with Crippen LogP contribution in [0.5, 0.6) is 5.75 Å². The molecule has 0 bridgehead atoms. The summed E-state index contributed by atoms with van der Waals surface area (Å²) in [5, 5.41) is 9.35. The topological polar surface area (TPSA) is 80.7 Å². The van der Waals surface area contributed by atoms with Crippen molar-refractivity contribution in [3.63, 3.8) is 0 Å². The van der Waals surface area contributed by atoms with Crippen molar-refractivity contribution < 1.29 is 13.9 Å². The minimum Gasteiger partial charge on any atom is -0.502 e. The van der Waals surface area contributed by atoms with Crippen LogP contribution in [-0.2, 0) is 10.8 Å². The van der Waals surface area contributed by atoms with Crippen molar-refractivity contribution in [3.05, 3.63) is 62.2 Å². The molecule has 0 aliphatic heterocycles. The quantitative estimate of drug-likeness (QED) is 0.310. The van der Waals surface area contributed by atoms with Crippen molar-refractivity contribution in [2.24, 2.45) is 0 Å². The van der Waals surface area contributed by atoms with E-state index in [0.29, 0.717) is 11.3 Å². The van der Waals surface area contributed by atoms with Gasteiger partial charge in [-0.05, 0) is 62.0 Å². The van der Waals surface area contributed by atoms with E-state index in [1.807, 2.05) is 23.5 Å². The number of hydrogen-bond acceptors (Lipinski definition) is 7. The Morgan fingerprint density at radius 2 is 1.21 bits per heavy atom. The number of hydrogen-bond donors (Lipinski definition) is 1. The first-order chi connectivity index (χ1) is 15.5. The molecule has 2 aromatic heterocycles. The normalized spacial score (nSPS) is 12.3. The summed E-state index contributed by atoms with van der Waals surface area (Å²) in [6.45, 7) is 10.2. The molecule has 33 heavy (non-hydrogen) atoms. The molecule has 1 N–H and O–H groups in total. The first-order valence-corrected chi connectivity index (χ1v) is 13.9. The highest BCUT2D eigenvalue weighted by molar-refractivity contribution is 8.00. The van der Waals surface area contributed by atoms with E-state index in [0.717, 1.165) is 60.7 Å². The molecule has 0 unspecified atom stereocenters. The van der Waals surface area contributed by atoms with E-state index in [-0.39, 0.29) is 27.4 Å². The van der Waals surface area contributed by atoms with Crippen LogP contribution in [0.25, 0.3) is 0 Å². The average molecular weight is 495 g/mol. The molecule has 0 radical (unpaired) electrons. The fourth-order valence-corrected chi connectivity index (χ4v) is 5.52. The molecule has 0 fully saturated rings. The Morgan fingerprint density at radius 3 is 1.70 bits per heavy atom. The van der Waals surface area contributed by atoms with Crippen LogP contribution < -0.4 is 10.9 Å². The third kappa shape index (κ3) is 8.93. The maximum absolute atomic E-state index is 11.9. The molecule has 2 heterocycles. The summed E-state index contributed by atoms with van der Waals surface area (Å²) < 4.78 is 11.1. The van der Waals surface area contributed by atoms with Gasteiger partial charge >= 0.3 is 0 Å². The van der Waals surface area contributed by atoms with Gasteiger partial charge in [-0.3, -0.25) is 9.59 Å². The fourth-order valence-electron chi connectivity index (χ4n) is 3.54. The zero-order chi connectivity index (χ0) is 24.5. The number of aryl methyl sites for hydroxylation is 1. The van der Waals surface area contributed by atoms with Crippen molar-refractivity contribution in [3.8, 4) is 5.75 Å². The molecule has 0 aliphatic rings. The second-order valence-corrected chi connectivity index (χ2v) is 12.3. The highest BCUT2D eigenvalue weighted by Gasteiger charge is 2.24. The van der Waals surface area contributed by atoms with Gasteiger partial charge in [0.1, 0.15) is 17.8 Å². The molecular formula is C26H38O5S2. The molecule has 0 atom stereocenters. The van der Waals surface area contributed by atoms with Gasteiger partial charge in [0.15, 0.2) is 11.2 Å². The van der Waals surface area contributed by atoms with Crippen LogP contribution in [0.4, 0.5) is 0 Å². The Morgan fingerprint density at radius 1 is 0.758 bits per heavy atom. The summed E-state index contributed by atoms with van der Waals surface area (Å²) in [4.78, 5) is 23.5. The van der Waals surface area contributed by atoms with Crippen LogP contribution in [0.1, 0.15) is 76.9 Å². The lowest BCUT2D eigenvalue weighted by Crippen LogP contribution is -2.20. The van der Waals surface area contributed by atoms with Crippen LogP contribution in [0.2, 0.25) is 0 Å². The summed E-state index contributed by atoms with van der Waals surface area (Å²) in [7, 11) is 0. The van der Waals surface area contributed by atoms with Crippen molar-refractivity contribution in [1.82, 2.24) is 0 Å². The van der Waals surface area contributed by atoms with E-state index in [1.54, 1.807) is 19.3 Å². The van der Waals surface area contributed by atoms with E-state index in [2.05, 4.69) is 27.7 Å². The molecular weight excluding hydrogens is 456 g/mol. The van der Waals surface area contributed by atoms with E-state index in [9.17, 15) is 14.7 Å². The van der Waals surface area contributed by atoms with Gasteiger partial charge in [0.05, 0.1) is 6.26 Å². The minimum atomic E-state index is -0.387. The van der Waals surface area contributed by atoms with Crippen molar-refractivity contribution >= 4 is 23.5 Å². The Labute approximate surface area is 205 Å². The molecule has 2 rings (SSSR count). The van der Waals surface area contributed by atoms with E-state index in [1.165, 1.54) is 12.5 Å². The van der Waals surface area contributed by atoms with E-state index >= 15 is 0 Å². The lowest BCUT2D eigenvalue weighted by Gasteiger charge is -2.23. The second kappa shape index (κ2) is 12.7. The molecule has 0 spiro atoms. The number of aromatic hydroxyl groups is 1. The average Bonchev–Trinajstić information content (AvgIpc) is 2.75. The van der Waals surface area contributed by atoms with Gasteiger partial charge in [-0.25, -0.2) is 0 Å². The van der Waals surface area contributed by atoms with Gasteiger partial charge < -0.3 is 13.9 Å². The molecule has 7 heteroatoms. The van der Waals surface area contributed by atoms with Crippen LogP contribution in [-0.4, -0.2) is 28.1 Å². The monoisotopic (exact) mass is 494 g/mol. The van der Waals surface area contributed by atoms with Gasteiger partial charge in [0.2, 0.25) is 5.43 Å². The number of thioether (sulfide) groups is 2. The van der Waals surface area contributed by atoms with Crippen LogP contribution in [0.3, 0.4) is 0 Å². The third-order valence-electron chi connectivity index (χ3n) is 5.92. The van der Waals surface area contributed by atoms with Crippen molar-refractivity contribution in [1.29, 1.82) is 0 Å². The Hall–Kier alpha value is -1.60. The third-order valence-corrected chi connectivity index (χ3v) is 8.23. The SMILES string of the molecule is Cc1coc(C(C)(C)CCCSCCCSCCCC(C)(C)c2cc(=O)c(O)co2)cc1=O. The van der Waals surface area contributed by atoms with Crippen LogP contribution in [0, 0.1) is 6.92 Å². The summed E-state index contributed by atoms with van der Waals surface area (Å²) in [5.74, 6) is 5.59. The molecule has 5 nitrogen and oxygen atoms in total. The van der Waals surface area contributed by atoms with Gasteiger partial charge in [-0.1, -0.05) is 27.7 Å². The van der Waals surface area contributed by atoms with Gasteiger partial charge in [-0.2, -0.15) is 23.5 Å². The maximum Gasteiger partial charge on any atom is 0.226 e. The maximum atomic E-state index is 11.9. The summed E-state index contributed by atoms with van der Waals surface area (Å²) >= 11 is 3.97.